The third kappa shape index (κ3) is 1.23. The van der Waals surface area contributed by atoms with Gasteiger partial charge in [-0.05, 0) is 0 Å². The molecule has 4 heteroatoms. The lowest BCUT2D eigenvalue weighted by Gasteiger charge is -2.07. The zero-order valence-electron chi connectivity index (χ0n) is 7.21. The molecule has 0 aromatic heterocycles. The fraction of sp³-hybridized carbons (Fsp3) is 0.333. The maximum Gasteiger partial charge on any atom is 0.130 e. The molecule has 2 rings (SSSR count). The van der Waals surface area contributed by atoms with E-state index < -0.39 is 0 Å². The Kier molecular flexibility index (Phi) is 1.84. The van der Waals surface area contributed by atoms with Crippen molar-refractivity contribution in [1.29, 1.82) is 0 Å². The van der Waals surface area contributed by atoms with Crippen LogP contribution in [0.2, 0.25) is 0 Å². The van der Waals surface area contributed by atoms with Crippen LogP contribution in [0.4, 0.5) is 4.39 Å². The number of ether oxygens (including phenoxy) is 2. The lowest BCUT2D eigenvalue weighted by Crippen LogP contribution is -2.11. The molecule has 0 saturated carbocycles. The Morgan fingerprint density at radius 3 is 3.08 bits per heavy atom. The summed E-state index contributed by atoms with van der Waals surface area (Å²) in [4.78, 5) is 0. The highest BCUT2D eigenvalue weighted by molar-refractivity contribution is 5.49. The molecule has 1 aliphatic heterocycles. The monoisotopic (exact) mass is 183 g/mol. The Balaban J connectivity index is 2.57. The zero-order chi connectivity index (χ0) is 9.42. The molecule has 3 nitrogen and oxygen atoms in total. The molecule has 1 aromatic rings. The van der Waals surface area contributed by atoms with Crippen LogP contribution in [0.5, 0.6) is 11.5 Å². The molecule has 0 fully saturated rings. The van der Waals surface area contributed by atoms with Crippen molar-refractivity contribution in [3.8, 4) is 11.5 Å². The second kappa shape index (κ2) is 2.88. The van der Waals surface area contributed by atoms with Crippen LogP contribution in [0.3, 0.4) is 0 Å². The summed E-state index contributed by atoms with van der Waals surface area (Å²) in [6, 6.07) is 2.42. The number of hydrogen-bond donors (Lipinski definition) is 1. The van der Waals surface area contributed by atoms with Gasteiger partial charge in [0.05, 0.1) is 18.7 Å². The summed E-state index contributed by atoms with van der Waals surface area (Å²) in [5, 5.41) is 0. The van der Waals surface area contributed by atoms with E-state index in [1.807, 2.05) is 0 Å². The van der Waals surface area contributed by atoms with Crippen LogP contribution in [0.25, 0.3) is 0 Å². The van der Waals surface area contributed by atoms with E-state index in [9.17, 15) is 4.39 Å². The number of hydrogen-bond acceptors (Lipinski definition) is 3. The smallest absolute Gasteiger partial charge is 0.130 e. The molecular formula is C9H10FNO2. The molecular weight excluding hydrogens is 173 g/mol. The highest BCUT2D eigenvalue weighted by Gasteiger charge is 2.25. The third-order valence-corrected chi connectivity index (χ3v) is 2.08. The second-order valence-corrected chi connectivity index (χ2v) is 2.94. The van der Waals surface area contributed by atoms with Crippen LogP contribution in [-0.4, -0.2) is 13.7 Å². The minimum absolute atomic E-state index is 0.217. The summed E-state index contributed by atoms with van der Waals surface area (Å²) in [7, 11) is 1.49. The van der Waals surface area contributed by atoms with Crippen LogP contribution >= 0.6 is 0 Å². The molecule has 0 saturated heterocycles. The lowest BCUT2D eigenvalue weighted by molar-refractivity contribution is 0.332. The molecule has 0 spiro atoms. The summed E-state index contributed by atoms with van der Waals surface area (Å²) in [6.07, 6.45) is 0. The second-order valence-electron chi connectivity index (χ2n) is 2.94. The summed E-state index contributed by atoms with van der Waals surface area (Å²) in [6.45, 7) is 0.384. The molecule has 1 aromatic carbocycles. The molecule has 13 heavy (non-hydrogen) atoms. The van der Waals surface area contributed by atoms with Crippen LogP contribution < -0.4 is 15.2 Å². The average molecular weight is 183 g/mol. The van der Waals surface area contributed by atoms with E-state index >= 15 is 0 Å². The fourth-order valence-corrected chi connectivity index (χ4v) is 1.49. The van der Waals surface area contributed by atoms with E-state index in [-0.39, 0.29) is 11.9 Å². The largest absolute Gasteiger partial charge is 0.496 e. The number of fused-ring (bicyclic) bond motifs is 1. The predicted octanol–water partition coefficient (Wildman–Crippen LogP) is 1.23. The summed E-state index contributed by atoms with van der Waals surface area (Å²) < 4.78 is 23.1. The number of benzene rings is 1. The molecule has 0 amide bonds. The van der Waals surface area contributed by atoms with Gasteiger partial charge in [0, 0.05) is 12.1 Å². The molecule has 1 aliphatic rings. The minimum atomic E-state index is -0.371. The molecule has 2 N–H and O–H groups in total. The van der Waals surface area contributed by atoms with Gasteiger partial charge >= 0.3 is 0 Å². The summed E-state index contributed by atoms with van der Waals surface area (Å²) in [5.41, 5.74) is 6.50. The van der Waals surface area contributed by atoms with Crippen molar-refractivity contribution in [2.24, 2.45) is 5.73 Å². The number of nitrogens with two attached hydrogens (primary N) is 1. The van der Waals surface area contributed by atoms with Gasteiger partial charge in [-0.3, -0.25) is 0 Å². The summed E-state index contributed by atoms with van der Waals surface area (Å²) in [5.74, 6) is 0.578. The first kappa shape index (κ1) is 8.31. The number of rotatable bonds is 1. The highest BCUT2D eigenvalue weighted by atomic mass is 19.1. The molecule has 1 atom stereocenters. The number of methoxy groups -OCH3 is 1. The van der Waals surface area contributed by atoms with Gasteiger partial charge in [-0.1, -0.05) is 0 Å². The van der Waals surface area contributed by atoms with Gasteiger partial charge in [0.15, 0.2) is 0 Å². The molecule has 1 heterocycles. The molecule has 0 bridgehead atoms. The first-order chi connectivity index (χ1) is 6.22. The van der Waals surface area contributed by atoms with Crippen molar-refractivity contribution in [2.45, 2.75) is 6.04 Å². The third-order valence-electron chi connectivity index (χ3n) is 2.08. The van der Waals surface area contributed by atoms with Gasteiger partial charge in [0.25, 0.3) is 0 Å². The quantitative estimate of drug-likeness (QED) is 0.712. The van der Waals surface area contributed by atoms with Crippen molar-refractivity contribution < 1.29 is 13.9 Å². The Morgan fingerprint density at radius 2 is 2.38 bits per heavy atom. The molecule has 0 unspecified atom stereocenters. The maximum absolute atomic E-state index is 12.9. The van der Waals surface area contributed by atoms with E-state index in [1.54, 1.807) is 0 Å². The SMILES string of the molecule is COc1cc(F)cc2c1[C@@H](N)CO2. The van der Waals surface area contributed by atoms with Gasteiger partial charge in [-0.2, -0.15) is 0 Å². The molecule has 0 aliphatic carbocycles. The molecule has 70 valence electrons. The Morgan fingerprint density at radius 1 is 1.62 bits per heavy atom. The van der Waals surface area contributed by atoms with E-state index in [0.717, 1.165) is 5.56 Å². The average Bonchev–Trinajstić information content (AvgIpc) is 2.46. The van der Waals surface area contributed by atoms with Crippen molar-refractivity contribution in [2.75, 3.05) is 13.7 Å². The predicted molar refractivity (Wildman–Crippen MR) is 45.4 cm³/mol. The topological polar surface area (TPSA) is 44.5 Å². The molecule has 0 radical (unpaired) electrons. The first-order valence-electron chi connectivity index (χ1n) is 3.98. The zero-order valence-corrected chi connectivity index (χ0v) is 7.21. The minimum Gasteiger partial charge on any atom is -0.496 e. The van der Waals surface area contributed by atoms with E-state index in [1.165, 1.54) is 19.2 Å². The van der Waals surface area contributed by atoms with Gasteiger partial charge in [-0.15, -0.1) is 0 Å². The Bertz CT molecular complexity index is 341. The van der Waals surface area contributed by atoms with Crippen LogP contribution in [0.15, 0.2) is 12.1 Å². The number of halogens is 1. The Labute approximate surface area is 75.3 Å². The first-order valence-corrected chi connectivity index (χ1v) is 3.98. The fourth-order valence-electron chi connectivity index (χ4n) is 1.49. The van der Waals surface area contributed by atoms with Gasteiger partial charge in [0.1, 0.15) is 23.9 Å². The Hall–Kier alpha value is -1.29. The maximum atomic E-state index is 12.9. The normalized spacial score (nSPS) is 19.5. The standard InChI is InChI=1S/C9H10FNO2/c1-12-7-2-5(10)3-8-9(7)6(11)4-13-8/h2-3,6H,4,11H2,1H3/t6-/m0/s1. The summed E-state index contributed by atoms with van der Waals surface area (Å²) >= 11 is 0. The van der Waals surface area contributed by atoms with Gasteiger partial charge in [0.2, 0.25) is 0 Å². The van der Waals surface area contributed by atoms with Crippen molar-refractivity contribution in [1.82, 2.24) is 0 Å². The van der Waals surface area contributed by atoms with Crippen LogP contribution in [-0.2, 0) is 0 Å². The van der Waals surface area contributed by atoms with Crippen molar-refractivity contribution in [3.63, 3.8) is 0 Å². The van der Waals surface area contributed by atoms with Gasteiger partial charge < -0.3 is 15.2 Å². The highest BCUT2D eigenvalue weighted by Crippen LogP contribution is 2.38. The van der Waals surface area contributed by atoms with Crippen molar-refractivity contribution >= 4 is 0 Å². The van der Waals surface area contributed by atoms with E-state index in [0.29, 0.717) is 18.1 Å². The lowest BCUT2D eigenvalue weighted by atomic mass is 10.1. The van der Waals surface area contributed by atoms with Crippen LogP contribution in [0.1, 0.15) is 11.6 Å². The van der Waals surface area contributed by atoms with E-state index in [4.69, 9.17) is 15.2 Å². The van der Waals surface area contributed by atoms with E-state index in [2.05, 4.69) is 0 Å². The van der Waals surface area contributed by atoms with Crippen LogP contribution in [0, 0.1) is 5.82 Å². The van der Waals surface area contributed by atoms with Crippen molar-refractivity contribution in [3.05, 3.63) is 23.5 Å². The van der Waals surface area contributed by atoms with Gasteiger partial charge in [-0.25, -0.2) is 4.39 Å².